The van der Waals surface area contributed by atoms with Crippen molar-refractivity contribution in [1.82, 2.24) is 15.1 Å². The number of thiophene rings is 1. The number of nitrogens with zero attached hydrogens (tertiary/aromatic N) is 2. The number of amides is 2. The monoisotopic (exact) mass is 410 g/mol. The lowest BCUT2D eigenvalue weighted by Gasteiger charge is -2.19. The van der Waals surface area contributed by atoms with Crippen LogP contribution in [0.25, 0.3) is 0 Å². The predicted octanol–water partition coefficient (Wildman–Crippen LogP) is 4.05. The fourth-order valence-electron chi connectivity index (χ4n) is 2.82. The van der Waals surface area contributed by atoms with Crippen LogP contribution in [0.4, 0.5) is 5.82 Å². The lowest BCUT2D eigenvalue weighted by molar-refractivity contribution is -0.117. The van der Waals surface area contributed by atoms with Gasteiger partial charge in [0.1, 0.15) is 11.9 Å². The van der Waals surface area contributed by atoms with E-state index in [9.17, 15) is 9.59 Å². The quantitative estimate of drug-likeness (QED) is 0.644. The van der Waals surface area contributed by atoms with Crippen LogP contribution in [0.5, 0.6) is 0 Å². The lowest BCUT2D eigenvalue weighted by atomic mass is 9.87. The van der Waals surface area contributed by atoms with Gasteiger partial charge in [-0.25, -0.2) is 4.68 Å². The molecule has 2 amide bonds. The van der Waals surface area contributed by atoms with Crippen LogP contribution in [0.1, 0.15) is 48.5 Å². The summed E-state index contributed by atoms with van der Waals surface area (Å²) >= 11 is 1.34. The molecule has 0 saturated carbocycles. The number of benzene rings is 1. The number of anilines is 1. The van der Waals surface area contributed by atoms with E-state index in [1.54, 1.807) is 36.0 Å². The summed E-state index contributed by atoms with van der Waals surface area (Å²) in [5.74, 6) is 0.0435. The van der Waals surface area contributed by atoms with Gasteiger partial charge in [-0.15, -0.1) is 11.3 Å². The molecule has 1 atom stereocenters. The van der Waals surface area contributed by atoms with E-state index in [1.165, 1.54) is 16.9 Å². The topological polar surface area (TPSA) is 76.0 Å². The molecule has 0 bridgehead atoms. The third-order valence-corrected chi connectivity index (χ3v) is 5.47. The van der Waals surface area contributed by atoms with Crippen LogP contribution in [-0.2, 0) is 16.8 Å². The van der Waals surface area contributed by atoms with Crippen molar-refractivity contribution < 1.29 is 9.59 Å². The average Bonchev–Trinajstić information content (AvgIpc) is 3.34. The number of hydrogen-bond acceptors (Lipinski definition) is 4. The van der Waals surface area contributed by atoms with Crippen LogP contribution in [-0.4, -0.2) is 27.6 Å². The van der Waals surface area contributed by atoms with Gasteiger partial charge < -0.3 is 10.6 Å². The number of carbonyl (C=O) groups excluding carboxylic acids is 2. The highest BCUT2D eigenvalue weighted by molar-refractivity contribution is 7.12. The Labute approximate surface area is 175 Å². The largest absolute Gasteiger partial charge is 0.340 e. The molecular weight excluding hydrogens is 384 g/mol. The number of hydrogen-bond donors (Lipinski definition) is 2. The SMILES string of the molecule is CC(NC(=O)c1cccs1)C(=O)Nc1ccnn1Cc1ccc(C(C)(C)C)cc1. The fraction of sp³-hybridized carbons (Fsp3) is 0.318. The Hall–Kier alpha value is -2.93. The van der Waals surface area contributed by atoms with E-state index in [4.69, 9.17) is 0 Å². The predicted molar refractivity (Wildman–Crippen MR) is 116 cm³/mol. The smallest absolute Gasteiger partial charge is 0.261 e. The molecule has 0 aliphatic rings. The Bertz CT molecular complexity index is 969. The van der Waals surface area contributed by atoms with Crippen molar-refractivity contribution >= 4 is 29.0 Å². The molecule has 0 saturated heterocycles. The summed E-state index contributed by atoms with van der Waals surface area (Å²) in [4.78, 5) is 25.2. The molecule has 7 heteroatoms. The van der Waals surface area contributed by atoms with Crippen molar-refractivity contribution in [2.45, 2.75) is 45.7 Å². The van der Waals surface area contributed by atoms with Crippen molar-refractivity contribution in [1.29, 1.82) is 0 Å². The molecule has 3 aromatic rings. The Morgan fingerprint density at radius 1 is 1.14 bits per heavy atom. The van der Waals surface area contributed by atoms with E-state index in [0.717, 1.165) is 5.56 Å². The fourth-order valence-corrected chi connectivity index (χ4v) is 3.45. The minimum atomic E-state index is -0.668. The number of rotatable bonds is 6. The molecule has 2 N–H and O–H groups in total. The first-order chi connectivity index (χ1) is 13.7. The van der Waals surface area contributed by atoms with Crippen molar-refractivity contribution in [2.24, 2.45) is 0 Å². The first kappa shape index (κ1) is 20.8. The molecule has 152 valence electrons. The average molecular weight is 411 g/mol. The van der Waals surface area contributed by atoms with Gasteiger partial charge in [0.2, 0.25) is 5.91 Å². The summed E-state index contributed by atoms with van der Waals surface area (Å²) in [5.41, 5.74) is 2.47. The van der Waals surface area contributed by atoms with E-state index >= 15 is 0 Å². The van der Waals surface area contributed by atoms with E-state index in [2.05, 4.69) is 60.8 Å². The molecule has 1 aromatic carbocycles. The summed E-state index contributed by atoms with van der Waals surface area (Å²) in [6, 6.07) is 13.0. The number of aromatic nitrogens is 2. The maximum atomic E-state index is 12.5. The van der Waals surface area contributed by atoms with Crippen molar-refractivity contribution in [3.05, 3.63) is 70.0 Å². The van der Waals surface area contributed by atoms with Crippen LogP contribution in [0.15, 0.2) is 54.0 Å². The number of nitrogens with one attached hydrogen (secondary N) is 2. The molecule has 0 aliphatic carbocycles. The molecule has 0 fully saturated rings. The summed E-state index contributed by atoms with van der Waals surface area (Å²) in [6.45, 7) is 8.75. The van der Waals surface area contributed by atoms with E-state index < -0.39 is 6.04 Å². The third-order valence-electron chi connectivity index (χ3n) is 4.61. The third kappa shape index (κ3) is 5.32. The Balaban J connectivity index is 1.62. The van der Waals surface area contributed by atoms with Gasteiger partial charge in [0.15, 0.2) is 0 Å². The minimum Gasteiger partial charge on any atom is -0.340 e. The van der Waals surface area contributed by atoms with Crippen molar-refractivity contribution in [3.63, 3.8) is 0 Å². The van der Waals surface area contributed by atoms with Gasteiger partial charge in [-0.3, -0.25) is 9.59 Å². The zero-order valence-corrected chi connectivity index (χ0v) is 17.9. The second kappa shape index (κ2) is 8.61. The zero-order chi connectivity index (χ0) is 21.0. The standard InChI is InChI=1S/C22H26N4O2S/c1-15(24-21(28)18-6-5-13-29-18)20(27)25-19-11-12-23-26(19)14-16-7-9-17(10-8-16)22(2,3)4/h5-13,15H,14H2,1-4H3,(H,24,28)(H,25,27). The van der Waals surface area contributed by atoms with Crippen LogP contribution in [0, 0.1) is 0 Å². The highest BCUT2D eigenvalue weighted by Gasteiger charge is 2.19. The van der Waals surface area contributed by atoms with E-state index in [1.807, 2.05) is 5.38 Å². The molecule has 0 radical (unpaired) electrons. The van der Waals surface area contributed by atoms with E-state index in [0.29, 0.717) is 17.2 Å². The van der Waals surface area contributed by atoms with Gasteiger partial charge in [0.25, 0.3) is 5.91 Å². The molecule has 0 spiro atoms. The maximum Gasteiger partial charge on any atom is 0.261 e. The lowest BCUT2D eigenvalue weighted by Crippen LogP contribution is -2.41. The van der Waals surface area contributed by atoms with Crippen LogP contribution >= 0.6 is 11.3 Å². The molecule has 6 nitrogen and oxygen atoms in total. The number of carbonyl (C=O) groups is 2. The second-order valence-corrected chi connectivity index (χ2v) is 8.93. The second-order valence-electron chi connectivity index (χ2n) is 7.98. The highest BCUT2D eigenvalue weighted by Crippen LogP contribution is 2.22. The summed E-state index contributed by atoms with van der Waals surface area (Å²) < 4.78 is 1.73. The Morgan fingerprint density at radius 3 is 2.48 bits per heavy atom. The van der Waals surface area contributed by atoms with E-state index in [-0.39, 0.29) is 17.2 Å². The van der Waals surface area contributed by atoms with Crippen LogP contribution in [0.2, 0.25) is 0 Å². The Kier molecular flexibility index (Phi) is 6.17. The molecule has 29 heavy (non-hydrogen) atoms. The van der Waals surface area contributed by atoms with Gasteiger partial charge in [-0.2, -0.15) is 5.10 Å². The Morgan fingerprint density at radius 2 is 1.86 bits per heavy atom. The van der Waals surface area contributed by atoms with Crippen LogP contribution in [0.3, 0.4) is 0 Å². The molecule has 1 unspecified atom stereocenters. The normalized spacial score (nSPS) is 12.4. The highest BCUT2D eigenvalue weighted by atomic mass is 32.1. The molecule has 2 heterocycles. The van der Waals surface area contributed by atoms with Gasteiger partial charge in [0.05, 0.1) is 17.6 Å². The van der Waals surface area contributed by atoms with Gasteiger partial charge >= 0.3 is 0 Å². The van der Waals surface area contributed by atoms with Crippen molar-refractivity contribution in [3.8, 4) is 0 Å². The summed E-state index contributed by atoms with van der Waals surface area (Å²) in [5, 5.41) is 11.7. The first-order valence-electron chi connectivity index (χ1n) is 9.50. The zero-order valence-electron chi connectivity index (χ0n) is 17.1. The van der Waals surface area contributed by atoms with Gasteiger partial charge in [0, 0.05) is 6.07 Å². The molecular formula is C22H26N4O2S. The van der Waals surface area contributed by atoms with Crippen molar-refractivity contribution in [2.75, 3.05) is 5.32 Å². The molecule has 0 aliphatic heterocycles. The van der Waals surface area contributed by atoms with Crippen LogP contribution < -0.4 is 10.6 Å². The molecule has 3 rings (SSSR count). The summed E-state index contributed by atoms with van der Waals surface area (Å²) in [6.07, 6.45) is 1.65. The van der Waals surface area contributed by atoms with Gasteiger partial charge in [-0.1, -0.05) is 51.1 Å². The minimum absolute atomic E-state index is 0.104. The summed E-state index contributed by atoms with van der Waals surface area (Å²) in [7, 11) is 0. The first-order valence-corrected chi connectivity index (χ1v) is 10.4. The molecule has 2 aromatic heterocycles. The maximum absolute atomic E-state index is 12.5. The van der Waals surface area contributed by atoms with Gasteiger partial charge in [-0.05, 0) is 34.9 Å².